The summed E-state index contributed by atoms with van der Waals surface area (Å²) >= 11 is 0. The van der Waals surface area contributed by atoms with Gasteiger partial charge in [-0.25, -0.2) is 0 Å². The lowest BCUT2D eigenvalue weighted by Gasteiger charge is -2.12. The summed E-state index contributed by atoms with van der Waals surface area (Å²) in [4.78, 5) is 11.3. The molecule has 1 heterocycles. The maximum Gasteiger partial charge on any atom is 0.249 e. The third-order valence-corrected chi connectivity index (χ3v) is 2.10. The molecule has 0 bridgehead atoms. The van der Waals surface area contributed by atoms with Crippen molar-refractivity contribution in [1.29, 1.82) is 0 Å². The molecular formula is C9H17NO3. The number of ether oxygens (including phenoxy) is 1. The third-order valence-electron chi connectivity index (χ3n) is 2.10. The predicted molar refractivity (Wildman–Crippen MR) is 48.3 cm³/mol. The molecule has 0 aromatic carbocycles. The van der Waals surface area contributed by atoms with Gasteiger partial charge in [0.05, 0.1) is 12.2 Å². The fourth-order valence-corrected chi connectivity index (χ4v) is 1.36. The predicted octanol–water partition coefficient (Wildman–Crippen LogP) is 0.0509. The molecule has 3 atom stereocenters. The van der Waals surface area contributed by atoms with Gasteiger partial charge in [-0.15, -0.1) is 0 Å². The first-order valence-electron chi connectivity index (χ1n) is 4.71. The highest BCUT2D eigenvalue weighted by Gasteiger charge is 2.27. The zero-order chi connectivity index (χ0) is 9.84. The molecule has 0 saturated carbocycles. The lowest BCUT2D eigenvalue weighted by Crippen LogP contribution is -2.38. The number of aliphatic hydroxyl groups is 1. The van der Waals surface area contributed by atoms with Crippen molar-refractivity contribution in [3.05, 3.63) is 0 Å². The van der Waals surface area contributed by atoms with Gasteiger partial charge in [0, 0.05) is 6.54 Å². The van der Waals surface area contributed by atoms with Crippen LogP contribution in [0.5, 0.6) is 0 Å². The topological polar surface area (TPSA) is 58.6 Å². The Bertz CT molecular complexity index is 182. The van der Waals surface area contributed by atoms with Gasteiger partial charge in [0.1, 0.15) is 6.10 Å². The van der Waals surface area contributed by atoms with E-state index < -0.39 is 6.10 Å². The fourth-order valence-electron chi connectivity index (χ4n) is 1.36. The third kappa shape index (κ3) is 3.32. The molecule has 0 aromatic heterocycles. The first kappa shape index (κ1) is 10.5. The summed E-state index contributed by atoms with van der Waals surface area (Å²) < 4.78 is 5.36. The summed E-state index contributed by atoms with van der Waals surface area (Å²) in [7, 11) is 0. The summed E-state index contributed by atoms with van der Waals surface area (Å²) in [5.41, 5.74) is 0. The van der Waals surface area contributed by atoms with Gasteiger partial charge in [-0.1, -0.05) is 0 Å². The van der Waals surface area contributed by atoms with Crippen LogP contribution < -0.4 is 5.32 Å². The Labute approximate surface area is 78.3 Å². The second-order valence-electron chi connectivity index (χ2n) is 3.61. The zero-order valence-electron chi connectivity index (χ0n) is 8.12. The molecule has 2 N–H and O–H groups in total. The van der Waals surface area contributed by atoms with Crippen LogP contribution in [0, 0.1) is 0 Å². The van der Waals surface area contributed by atoms with Gasteiger partial charge in [-0.3, -0.25) is 4.79 Å². The lowest BCUT2D eigenvalue weighted by atomic mass is 10.2. The molecule has 1 fully saturated rings. The molecule has 0 aliphatic carbocycles. The van der Waals surface area contributed by atoms with Gasteiger partial charge in [0.15, 0.2) is 0 Å². The Hall–Kier alpha value is -0.610. The van der Waals surface area contributed by atoms with Crippen molar-refractivity contribution in [3.63, 3.8) is 0 Å². The van der Waals surface area contributed by atoms with Gasteiger partial charge in [-0.05, 0) is 26.7 Å². The molecule has 0 spiro atoms. The van der Waals surface area contributed by atoms with Crippen molar-refractivity contribution >= 4 is 5.91 Å². The van der Waals surface area contributed by atoms with Crippen LogP contribution in [0.4, 0.5) is 0 Å². The van der Waals surface area contributed by atoms with Crippen LogP contribution in [0.1, 0.15) is 26.7 Å². The van der Waals surface area contributed by atoms with E-state index in [0.29, 0.717) is 6.54 Å². The minimum Gasteiger partial charge on any atom is -0.392 e. The van der Waals surface area contributed by atoms with Crippen LogP contribution in [0.3, 0.4) is 0 Å². The van der Waals surface area contributed by atoms with Gasteiger partial charge in [0.2, 0.25) is 5.91 Å². The normalized spacial score (nSPS) is 30.1. The molecular weight excluding hydrogens is 170 g/mol. The second kappa shape index (κ2) is 4.58. The summed E-state index contributed by atoms with van der Waals surface area (Å²) in [6.45, 7) is 3.90. The molecule has 1 amide bonds. The molecule has 4 nitrogen and oxygen atoms in total. The van der Waals surface area contributed by atoms with Gasteiger partial charge < -0.3 is 15.2 Å². The van der Waals surface area contributed by atoms with E-state index >= 15 is 0 Å². The number of nitrogens with one attached hydrogen (secondary N) is 1. The highest BCUT2D eigenvalue weighted by Crippen LogP contribution is 2.18. The van der Waals surface area contributed by atoms with Crippen molar-refractivity contribution in [3.8, 4) is 0 Å². The standard InChI is InChI=1S/C9H17NO3/c1-6(11)5-10-9(12)8-4-3-7(2)13-8/h6-8,11H,3-5H2,1-2H3,(H,10,12)/t6-,7+,8+/m1/s1. The Morgan fingerprint density at radius 3 is 2.85 bits per heavy atom. The highest BCUT2D eigenvalue weighted by atomic mass is 16.5. The highest BCUT2D eigenvalue weighted by molar-refractivity contribution is 5.81. The first-order chi connectivity index (χ1) is 6.09. The molecule has 4 heteroatoms. The average molecular weight is 187 g/mol. The minimum absolute atomic E-state index is 0.106. The van der Waals surface area contributed by atoms with Crippen molar-refractivity contribution in [2.75, 3.05) is 6.54 Å². The summed E-state index contributed by atoms with van der Waals surface area (Å²) in [5, 5.41) is 11.6. The molecule has 76 valence electrons. The number of rotatable bonds is 3. The Morgan fingerprint density at radius 1 is 1.69 bits per heavy atom. The van der Waals surface area contributed by atoms with Crippen LogP contribution >= 0.6 is 0 Å². The van der Waals surface area contributed by atoms with E-state index in [9.17, 15) is 4.79 Å². The summed E-state index contributed by atoms with van der Waals surface area (Å²) in [6.07, 6.45) is 1.10. The maximum atomic E-state index is 11.3. The quantitative estimate of drug-likeness (QED) is 0.656. The molecule has 1 saturated heterocycles. The van der Waals surface area contributed by atoms with Crippen LogP contribution in [-0.4, -0.2) is 35.9 Å². The SMILES string of the molecule is C[C@@H](O)CNC(=O)[C@@H]1CC[C@H](C)O1. The van der Waals surface area contributed by atoms with E-state index in [0.717, 1.165) is 12.8 Å². The number of amides is 1. The number of hydrogen-bond donors (Lipinski definition) is 2. The molecule has 1 aliphatic heterocycles. The van der Waals surface area contributed by atoms with Crippen LogP contribution in [0.25, 0.3) is 0 Å². The average Bonchev–Trinajstić information content (AvgIpc) is 2.47. The first-order valence-corrected chi connectivity index (χ1v) is 4.71. The van der Waals surface area contributed by atoms with E-state index in [2.05, 4.69) is 5.32 Å². The fraction of sp³-hybridized carbons (Fsp3) is 0.889. The van der Waals surface area contributed by atoms with Gasteiger partial charge in [0.25, 0.3) is 0 Å². The summed E-state index contributed by atoms with van der Waals surface area (Å²) in [5.74, 6) is -0.106. The number of aliphatic hydroxyl groups excluding tert-OH is 1. The van der Waals surface area contributed by atoms with Crippen molar-refractivity contribution in [2.45, 2.75) is 45.0 Å². The lowest BCUT2D eigenvalue weighted by molar-refractivity contribution is -0.132. The molecule has 1 rings (SSSR count). The summed E-state index contributed by atoms with van der Waals surface area (Å²) in [6, 6.07) is 0. The Morgan fingerprint density at radius 2 is 2.38 bits per heavy atom. The second-order valence-corrected chi connectivity index (χ2v) is 3.61. The number of carbonyl (C=O) groups excluding carboxylic acids is 1. The van der Waals surface area contributed by atoms with Crippen molar-refractivity contribution < 1.29 is 14.6 Å². The van der Waals surface area contributed by atoms with Gasteiger partial charge in [-0.2, -0.15) is 0 Å². The van der Waals surface area contributed by atoms with E-state index in [1.54, 1.807) is 6.92 Å². The van der Waals surface area contributed by atoms with Gasteiger partial charge >= 0.3 is 0 Å². The largest absolute Gasteiger partial charge is 0.392 e. The van der Waals surface area contributed by atoms with E-state index in [-0.39, 0.29) is 18.1 Å². The van der Waals surface area contributed by atoms with Crippen LogP contribution in [0.2, 0.25) is 0 Å². The van der Waals surface area contributed by atoms with Crippen LogP contribution in [0.15, 0.2) is 0 Å². The smallest absolute Gasteiger partial charge is 0.249 e. The maximum absolute atomic E-state index is 11.3. The molecule has 0 unspecified atom stereocenters. The van der Waals surface area contributed by atoms with Crippen molar-refractivity contribution in [2.24, 2.45) is 0 Å². The monoisotopic (exact) mass is 187 g/mol. The van der Waals surface area contributed by atoms with Crippen LogP contribution in [-0.2, 0) is 9.53 Å². The number of hydrogen-bond acceptors (Lipinski definition) is 3. The molecule has 1 aliphatic rings. The van der Waals surface area contributed by atoms with E-state index in [4.69, 9.17) is 9.84 Å². The van der Waals surface area contributed by atoms with E-state index in [1.807, 2.05) is 6.92 Å². The molecule has 13 heavy (non-hydrogen) atoms. The Balaban J connectivity index is 2.24. The van der Waals surface area contributed by atoms with E-state index in [1.165, 1.54) is 0 Å². The number of carbonyl (C=O) groups is 1. The molecule has 0 aromatic rings. The van der Waals surface area contributed by atoms with Crippen molar-refractivity contribution in [1.82, 2.24) is 5.32 Å². The molecule has 0 radical (unpaired) electrons. The minimum atomic E-state index is -0.497. The zero-order valence-corrected chi connectivity index (χ0v) is 8.12. The Kier molecular flexibility index (Phi) is 3.69.